The molecule has 2 heterocycles. The summed E-state index contributed by atoms with van der Waals surface area (Å²) in [7, 11) is 2.07. The van der Waals surface area contributed by atoms with Crippen LogP contribution in [0.4, 0.5) is 24.8 Å². The second-order valence-corrected chi connectivity index (χ2v) is 9.48. The molecular weight excluding hydrogens is 487 g/mol. The molecule has 1 aliphatic carbocycles. The Morgan fingerprint density at radius 2 is 1.73 bits per heavy atom. The van der Waals surface area contributed by atoms with Crippen molar-refractivity contribution in [3.63, 3.8) is 0 Å². The molecular formula is C26H36F3N5O3. The molecule has 1 amide bonds. The quantitative estimate of drug-likeness (QED) is 0.558. The molecule has 37 heavy (non-hydrogen) atoms. The average Bonchev–Trinajstić information content (AvgIpc) is 3.27. The van der Waals surface area contributed by atoms with E-state index in [9.17, 15) is 22.8 Å². The van der Waals surface area contributed by atoms with Gasteiger partial charge in [-0.2, -0.15) is 13.2 Å². The number of nitrogens with zero attached hydrogens (tertiary/aromatic N) is 4. The highest BCUT2D eigenvalue weighted by molar-refractivity contribution is 5.70. The minimum Gasteiger partial charge on any atom is -0.481 e. The van der Waals surface area contributed by atoms with Crippen LogP contribution in [0, 0.1) is 25.7 Å². The van der Waals surface area contributed by atoms with Gasteiger partial charge in [-0.1, -0.05) is 31.0 Å². The molecule has 2 aromatic rings. The number of amides is 1. The van der Waals surface area contributed by atoms with E-state index in [1.807, 2.05) is 38.1 Å². The first-order valence-corrected chi connectivity index (χ1v) is 12.3. The Morgan fingerprint density at radius 1 is 1.11 bits per heavy atom. The number of likely N-dealkylation sites (N-methyl/N-ethyl adjacent to an activating group) is 1. The molecule has 0 radical (unpaired) electrons. The monoisotopic (exact) mass is 523 g/mol. The lowest BCUT2D eigenvalue weighted by Gasteiger charge is -2.29. The van der Waals surface area contributed by atoms with Crippen molar-refractivity contribution in [1.29, 1.82) is 0 Å². The number of rotatable bonds is 4. The summed E-state index contributed by atoms with van der Waals surface area (Å²) in [5, 5.41) is 11.4. The standard InChI is InChI=1S/C13H12F3N3.C7H12O2.C6H12N2O/c1-8-3-5-10(6-4-8)19-12-17-7-11(9(2)18-12)13(14,15)16;1-5-3-2-4-6(5)7(8)9;1-7-2-4-8(6-9)5-3-7/h3-7H,1-2H3,(H,17,18,19);5-6H,2-4H2,1H3,(H,8,9);6H,2-5H2,1H3. The second kappa shape index (κ2) is 13.9. The Labute approximate surface area is 215 Å². The molecule has 4 rings (SSSR count). The number of carbonyl (C=O) groups excluding carboxylic acids is 1. The summed E-state index contributed by atoms with van der Waals surface area (Å²) < 4.78 is 37.7. The van der Waals surface area contributed by atoms with Gasteiger partial charge in [0.1, 0.15) is 0 Å². The molecule has 0 bridgehead atoms. The van der Waals surface area contributed by atoms with Crippen LogP contribution in [0.2, 0.25) is 0 Å². The number of carboxylic acids is 1. The maximum Gasteiger partial charge on any atom is 0.419 e. The molecule has 11 heteroatoms. The summed E-state index contributed by atoms with van der Waals surface area (Å²) in [4.78, 5) is 32.1. The molecule has 0 spiro atoms. The van der Waals surface area contributed by atoms with E-state index in [1.165, 1.54) is 6.92 Å². The van der Waals surface area contributed by atoms with E-state index in [4.69, 9.17) is 5.11 Å². The van der Waals surface area contributed by atoms with Crippen molar-refractivity contribution >= 4 is 24.0 Å². The average molecular weight is 524 g/mol. The zero-order valence-corrected chi connectivity index (χ0v) is 21.8. The maximum absolute atomic E-state index is 12.6. The molecule has 2 fully saturated rings. The SMILES string of the molecule is CC1CCCC1C(=O)O.CN1CCN(C=O)CC1.Cc1ccc(Nc2ncc(C(F)(F)F)c(C)n2)cc1. The molecule has 8 nitrogen and oxygen atoms in total. The third-order valence-corrected chi connectivity index (χ3v) is 6.46. The minimum absolute atomic E-state index is 0.0509. The van der Waals surface area contributed by atoms with Gasteiger partial charge in [0.25, 0.3) is 0 Å². The zero-order chi connectivity index (χ0) is 27.6. The number of carboxylic acid groups (broad SMARTS) is 1. The Balaban J connectivity index is 0.000000222. The number of hydrogen-bond acceptors (Lipinski definition) is 6. The summed E-state index contributed by atoms with van der Waals surface area (Å²) in [6.45, 7) is 9.08. The molecule has 1 aliphatic heterocycles. The van der Waals surface area contributed by atoms with Gasteiger partial charge in [0.2, 0.25) is 12.4 Å². The number of nitrogens with one attached hydrogen (secondary N) is 1. The number of aryl methyl sites for hydroxylation is 2. The Bertz CT molecular complexity index is 1010. The number of anilines is 2. The van der Waals surface area contributed by atoms with Gasteiger partial charge in [-0.05, 0) is 51.8 Å². The topological polar surface area (TPSA) is 98.7 Å². The van der Waals surface area contributed by atoms with Crippen LogP contribution in [-0.4, -0.2) is 70.5 Å². The summed E-state index contributed by atoms with van der Waals surface area (Å²) >= 11 is 0. The first-order chi connectivity index (χ1) is 17.4. The second-order valence-electron chi connectivity index (χ2n) is 9.48. The largest absolute Gasteiger partial charge is 0.481 e. The molecule has 2 aliphatic rings. The van der Waals surface area contributed by atoms with E-state index in [-0.39, 0.29) is 17.6 Å². The number of alkyl halides is 3. The summed E-state index contributed by atoms with van der Waals surface area (Å²) in [5.74, 6) is -0.109. The zero-order valence-electron chi connectivity index (χ0n) is 21.8. The van der Waals surface area contributed by atoms with Crippen LogP contribution in [0.3, 0.4) is 0 Å². The summed E-state index contributed by atoms with van der Waals surface area (Å²) in [5.41, 5.74) is 0.902. The third kappa shape index (κ3) is 9.99. The normalized spacial score (nSPS) is 19.7. The van der Waals surface area contributed by atoms with Gasteiger partial charge in [-0.25, -0.2) is 9.97 Å². The molecule has 2 atom stereocenters. The van der Waals surface area contributed by atoms with E-state index in [0.717, 1.165) is 69.3 Å². The smallest absolute Gasteiger partial charge is 0.419 e. The van der Waals surface area contributed by atoms with Crippen molar-refractivity contribution in [2.24, 2.45) is 11.8 Å². The highest BCUT2D eigenvalue weighted by Crippen LogP contribution is 2.31. The summed E-state index contributed by atoms with van der Waals surface area (Å²) in [6.07, 6.45) is 0.365. The number of carbonyl (C=O) groups is 2. The lowest BCUT2D eigenvalue weighted by molar-refractivity contribution is -0.142. The summed E-state index contributed by atoms with van der Waals surface area (Å²) in [6, 6.07) is 7.40. The molecule has 204 valence electrons. The van der Waals surface area contributed by atoms with Gasteiger partial charge in [-0.3, -0.25) is 9.59 Å². The Hall–Kier alpha value is -3.21. The van der Waals surface area contributed by atoms with Crippen LogP contribution >= 0.6 is 0 Å². The predicted molar refractivity (Wildman–Crippen MR) is 136 cm³/mol. The van der Waals surface area contributed by atoms with Crippen molar-refractivity contribution in [3.05, 3.63) is 47.3 Å². The Morgan fingerprint density at radius 3 is 2.16 bits per heavy atom. The van der Waals surface area contributed by atoms with Crippen molar-refractivity contribution < 1.29 is 27.9 Å². The predicted octanol–water partition coefficient (Wildman–Crippen LogP) is 4.75. The van der Waals surface area contributed by atoms with Gasteiger partial charge in [-0.15, -0.1) is 0 Å². The van der Waals surface area contributed by atoms with Crippen molar-refractivity contribution in [2.45, 2.75) is 46.2 Å². The van der Waals surface area contributed by atoms with Crippen LogP contribution in [-0.2, 0) is 15.8 Å². The van der Waals surface area contributed by atoms with Gasteiger partial charge < -0.3 is 20.2 Å². The first kappa shape index (κ1) is 30.0. The molecule has 2 unspecified atom stereocenters. The molecule has 1 saturated heterocycles. The van der Waals surface area contributed by atoms with Gasteiger partial charge in [0.15, 0.2) is 0 Å². The lowest BCUT2D eigenvalue weighted by atomic mass is 9.99. The third-order valence-electron chi connectivity index (χ3n) is 6.46. The lowest BCUT2D eigenvalue weighted by Crippen LogP contribution is -2.43. The van der Waals surface area contributed by atoms with E-state index in [2.05, 4.69) is 27.2 Å². The van der Waals surface area contributed by atoms with Crippen LogP contribution < -0.4 is 5.32 Å². The van der Waals surface area contributed by atoms with Gasteiger partial charge >= 0.3 is 12.1 Å². The van der Waals surface area contributed by atoms with E-state index >= 15 is 0 Å². The number of benzene rings is 1. The number of hydrogen-bond donors (Lipinski definition) is 2. The highest BCUT2D eigenvalue weighted by Gasteiger charge is 2.33. The molecule has 1 saturated carbocycles. The van der Waals surface area contributed by atoms with Crippen LogP contribution in [0.5, 0.6) is 0 Å². The van der Waals surface area contributed by atoms with Crippen molar-refractivity contribution in [1.82, 2.24) is 19.8 Å². The number of aliphatic carboxylic acids is 1. The van der Waals surface area contributed by atoms with Crippen molar-refractivity contribution in [3.8, 4) is 0 Å². The fraction of sp³-hybridized carbons (Fsp3) is 0.538. The van der Waals surface area contributed by atoms with E-state index < -0.39 is 17.7 Å². The maximum atomic E-state index is 12.6. The number of aromatic nitrogens is 2. The van der Waals surface area contributed by atoms with Gasteiger partial charge in [0.05, 0.1) is 17.2 Å². The van der Waals surface area contributed by atoms with Crippen LogP contribution in [0.25, 0.3) is 0 Å². The van der Waals surface area contributed by atoms with Gasteiger partial charge in [0, 0.05) is 38.1 Å². The first-order valence-electron chi connectivity index (χ1n) is 12.3. The Kier molecular flexibility index (Phi) is 11.3. The minimum atomic E-state index is -4.42. The molecule has 2 N–H and O–H groups in total. The number of halogens is 3. The number of piperazine rings is 1. The van der Waals surface area contributed by atoms with Crippen LogP contribution in [0.1, 0.15) is 43.0 Å². The fourth-order valence-electron chi connectivity index (χ4n) is 4.01. The highest BCUT2D eigenvalue weighted by atomic mass is 19.4. The fourth-order valence-corrected chi connectivity index (χ4v) is 4.01. The van der Waals surface area contributed by atoms with Crippen molar-refractivity contribution in [2.75, 3.05) is 38.5 Å². The molecule has 1 aromatic carbocycles. The van der Waals surface area contributed by atoms with E-state index in [1.54, 1.807) is 4.90 Å². The van der Waals surface area contributed by atoms with Crippen LogP contribution in [0.15, 0.2) is 30.5 Å². The van der Waals surface area contributed by atoms with E-state index in [0.29, 0.717) is 5.92 Å². The molecule has 1 aromatic heterocycles.